The third kappa shape index (κ3) is 4.14. The van der Waals surface area contributed by atoms with Crippen LogP contribution in [0.25, 0.3) is 10.9 Å². The van der Waals surface area contributed by atoms with Gasteiger partial charge in [0.1, 0.15) is 12.4 Å². The van der Waals surface area contributed by atoms with E-state index in [1.165, 1.54) is 12.1 Å². The van der Waals surface area contributed by atoms with Gasteiger partial charge in [-0.3, -0.25) is 4.79 Å². The zero-order chi connectivity index (χ0) is 21.4. The lowest BCUT2D eigenvalue weighted by Gasteiger charge is -2.20. The summed E-state index contributed by atoms with van der Waals surface area (Å²) in [5, 5.41) is 3.74. The maximum atomic E-state index is 12.7. The number of fused-ring (bicyclic) bond motifs is 1. The molecule has 158 valence electrons. The average molecular weight is 418 g/mol. The number of amides is 1. The highest BCUT2D eigenvalue weighted by Crippen LogP contribution is 2.33. The van der Waals surface area contributed by atoms with Gasteiger partial charge in [0.05, 0.1) is 23.3 Å². The molecule has 1 unspecified atom stereocenters. The van der Waals surface area contributed by atoms with Crippen LogP contribution in [0.1, 0.15) is 24.5 Å². The van der Waals surface area contributed by atoms with Crippen LogP contribution < -0.4 is 10.1 Å². The molecule has 2 aromatic carbocycles. The number of H-pyrrole nitrogens is 1. The Bertz CT molecular complexity index is 1050. The van der Waals surface area contributed by atoms with Gasteiger partial charge in [-0.1, -0.05) is 12.1 Å². The molecule has 0 saturated carbocycles. The molecule has 4 rings (SSSR count). The average Bonchev–Trinajstić information content (AvgIpc) is 3.33. The summed E-state index contributed by atoms with van der Waals surface area (Å²) in [4.78, 5) is 15.8. The fourth-order valence-corrected chi connectivity index (χ4v) is 3.37. The lowest BCUT2D eigenvalue weighted by atomic mass is 9.89. The fourth-order valence-electron chi connectivity index (χ4n) is 3.37. The molecule has 0 radical (unpaired) electrons. The van der Waals surface area contributed by atoms with Gasteiger partial charge in [0.25, 0.3) is 0 Å². The van der Waals surface area contributed by atoms with E-state index in [1.807, 2.05) is 13.0 Å². The van der Waals surface area contributed by atoms with Crippen molar-refractivity contribution < 1.29 is 27.4 Å². The topological polar surface area (TPSA) is 63.4 Å². The van der Waals surface area contributed by atoms with Crippen molar-refractivity contribution in [2.24, 2.45) is 5.41 Å². The lowest BCUT2D eigenvalue weighted by molar-refractivity contribution is -0.137. The summed E-state index contributed by atoms with van der Waals surface area (Å²) in [6.07, 6.45) is -1.97. The van der Waals surface area contributed by atoms with Gasteiger partial charge in [0.2, 0.25) is 5.91 Å². The highest BCUT2D eigenvalue weighted by Gasteiger charge is 2.37. The molecule has 1 aliphatic heterocycles. The van der Waals surface area contributed by atoms with Crippen LogP contribution in [0.5, 0.6) is 5.75 Å². The Morgan fingerprint density at radius 2 is 2.00 bits per heavy atom. The summed E-state index contributed by atoms with van der Waals surface area (Å²) >= 11 is 0. The second-order valence-electron chi connectivity index (χ2n) is 7.71. The maximum Gasteiger partial charge on any atom is 0.416 e. The standard InChI is InChI=1S/C22H21F3N2O3/c1-21(8-9-29-13-21)20(28)27-19-11-26-18-7-6-16(10-17(18)19)30-12-14-2-4-15(5-3-14)22(23,24)25/h2-7,10-11,26H,8-9,12-13H2,1H3,(H,27,28). The number of aromatic nitrogens is 1. The van der Waals surface area contributed by atoms with Gasteiger partial charge < -0.3 is 19.8 Å². The van der Waals surface area contributed by atoms with Crippen LogP contribution in [0.2, 0.25) is 0 Å². The van der Waals surface area contributed by atoms with Crippen molar-refractivity contribution in [1.82, 2.24) is 4.98 Å². The normalized spacial score (nSPS) is 19.2. The molecule has 1 aromatic heterocycles. The van der Waals surface area contributed by atoms with Crippen LogP contribution in [0.15, 0.2) is 48.7 Å². The zero-order valence-electron chi connectivity index (χ0n) is 16.3. The minimum atomic E-state index is -4.36. The number of ether oxygens (including phenoxy) is 2. The SMILES string of the molecule is CC1(C(=O)Nc2c[nH]c3ccc(OCc4ccc(C(F)(F)F)cc4)cc23)CCOC1. The smallest absolute Gasteiger partial charge is 0.416 e. The Hall–Kier alpha value is -3.00. The highest BCUT2D eigenvalue weighted by molar-refractivity contribution is 6.04. The van der Waals surface area contributed by atoms with Crippen molar-refractivity contribution in [3.63, 3.8) is 0 Å². The molecule has 5 nitrogen and oxygen atoms in total. The summed E-state index contributed by atoms with van der Waals surface area (Å²) < 4.78 is 49.1. The minimum Gasteiger partial charge on any atom is -0.489 e. The van der Waals surface area contributed by atoms with Crippen molar-refractivity contribution >= 4 is 22.5 Å². The number of hydrogen-bond acceptors (Lipinski definition) is 3. The van der Waals surface area contributed by atoms with E-state index < -0.39 is 17.2 Å². The Morgan fingerprint density at radius 3 is 2.67 bits per heavy atom. The Kier molecular flexibility index (Phi) is 5.19. The first-order valence-electron chi connectivity index (χ1n) is 9.54. The predicted molar refractivity (Wildman–Crippen MR) is 106 cm³/mol. The number of anilines is 1. The molecule has 30 heavy (non-hydrogen) atoms. The lowest BCUT2D eigenvalue weighted by Crippen LogP contribution is -2.33. The van der Waals surface area contributed by atoms with E-state index >= 15 is 0 Å². The van der Waals surface area contributed by atoms with Gasteiger partial charge in [-0.15, -0.1) is 0 Å². The first kappa shape index (κ1) is 20.3. The van der Waals surface area contributed by atoms with Gasteiger partial charge in [0, 0.05) is 23.7 Å². The van der Waals surface area contributed by atoms with Crippen molar-refractivity contribution in [2.45, 2.75) is 26.1 Å². The maximum absolute atomic E-state index is 12.7. The fraction of sp³-hybridized carbons (Fsp3) is 0.318. The van der Waals surface area contributed by atoms with Crippen molar-refractivity contribution in [3.8, 4) is 5.75 Å². The second-order valence-corrected chi connectivity index (χ2v) is 7.71. The molecule has 8 heteroatoms. The van der Waals surface area contributed by atoms with Gasteiger partial charge in [-0.2, -0.15) is 13.2 Å². The molecule has 2 heterocycles. The number of carbonyl (C=O) groups excluding carboxylic acids is 1. The van der Waals surface area contributed by atoms with E-state index in [2.05, 4.69) is 10.3 Å². The molecule has 0 bridgehead atoms. The molecular weight excluding hydrogens is 397 g/mol. The van der Waals surface area contributed by atoms with E-state index in [4.69, 9.17) is 9.47 Å². The monoisotopic (exact) mass is 418 g/mol. The molecule has 1 fully saturated rings. The molecular formula is C22H21F3N2O3. The summed E-state index contributed by atoms with van der Waals surface area (Å²) in [5.41, 5.74) is 0.852. The van der Waals surface area contributed by atoms with Gasteiger partial charge in [-0.05, 0) is 49.2 Å². The minimum absolute atomic E-state index is 0.100. The number of nitrogens with one attached hydrogen (secondary N) is 2. The second kappa shape index (κ2) is 7.68. The highest BCUT2D eigenvalue weighted by atomic mass is 19.4. The number of hydrogen-bond donors (Lipinski definition) is 2. The zero-order valence-corrected chi connectivity index (χ0v) is 16.3. The van der Waals surface area contributed by atoms with Gasteiger partial charge in [0.15, 0.2) is 0 Å². The van der Waals surface area contributed by atoms with Crippen LogP contribution in [-0.4, -0.2) is 24.1 Å². The van der Waals surface area contributed by atoms with Crippen molar-refractivity contribution in [2.75, 3.05) is 18.5 Å². The Balaban J connectivity index is 1.46. The number of carbonyl (C=O) groups is 1. The van der Waals surface area contributed by atoms with Crippen LogP contribution in [0.4, 0.5) is 18.9 Å². The molecule has 2 N–H and O–H groups in total. The molecule has 1 amide bonds. The Labute approximate surface area is 171 Å². The quantitative estimate of drug-likeness (QED) is 0.604. The van der Waals surface area contributed by atoms with Gasteiger partial charge >= 0.3 is 6.18 Å². The first-order valence-corrected chi connectivity index (χ1v) is 9.54. The number of benzene rings is 2. The molecule has 0 aliphatic carbocycles. The van der Waals surface area contributed by atoms with Crippen LogP contribution in [-0.2, 0) is 22.3 Å². The van der Waals surface area contributed by atoms with Crippen LogP contribution >= 0.6 is 0 Å². The predicted octanol–water partition coefficient (Wildman–Crippen LogP) is 5.13. The van der Waals surface area contributed by atoms with Crippen LogP contribution in [0, 0.1) is 5.41 Å². The molecule has 0 spiro atoms. The number of rotatable bonds is 5. The third-order valence-electron chi connectivity index (χ3n) is 5.36. The Morgan fingerprint density at radius 1 is 1.23 bits per heavy atom. The number of alkyl halides is 3. The number of aromatic amines is 1. The summed E-state index contributed by atoms with van der Waals surface area (Å²) in [5.74, 6) is 0.449. The molecule has 1 atom stereocenters. The van der Waals surface area contributed by atoms with Crippen LogP contribution in [0.3, 0.4) is 0 Å². The molecule has 3 aromatic rings. The van der Waals surface area contributed by atoms with E-state index in [0.29, 0.717) is 36.6 Å². The summed E-state index contributed by atoms with van der Waals surface area (Å²) in [7, 11) is 0. The number of halogens is 3. The van der Waals surface area contributed by atoms with E-state index in [9.17, 15) is 18.0 Å². The van der Waals surface area contributed by atoms with Crippen molar-refractivity contribution in [3.05, 3.63) is 59.8 Å². The molecule has 1 aliphatic rings. The van der Waals surface area contributed by atoms with Crippen molar-refractivity contribution in [1.29, 1.82) is 0 Å². The third-order valence-corrected chi connectivity index (χ3v) is 5.36. The molecule has 1 saturated heterocycles. The van der Waals surface area contributed by atoms with Gasteiger partial charge in [-0.25, -0.2) is 0 Å². The summed E-state index contributed by atoms with van der Waals surface area (Å²) in [6.45, 7) is 2.97. The van der Waals surface area contributed by atoms with E-state index in [1.54, 1.807) is 18.3 Å². The largest absolute Gasteiger partial charge is 0.489 e. The van der Waals surface area contributed by atoms with E-state index in [-0.39, 0.29) is 12.5 Å². The van der Waals surface area contributed by atoms with E-state index in [0.717, 1.165) is 23.0 Å². The first-order chi connectivity index (χ1) is 14.2. The summed E-state index contributed by atoms with van der Waals surface area (Å²) in [6, 6.07) is 10.2.